The van der Waals surface area contributed by atoms with E-state index in [0.29, 0.717) is 5.02 Å². The first kappa shape index (κ1) is 13.8. The van der Waals surface area contributed by atoms with Gasteiger partial charge in [0.05, 0.1) is 18.3 Å². The summed E-state index contributed by atoms with van der Waals surface area (Å²) in [6, 6.07) is 3.99. The summed E-state index contributed by atoms with van der Waals surface area (Å²) in [5, 5.41) is 3.96. The van der Waals surface area contributed by atoms with Crippen LogP contribution in [0.5, 0.6) is 5.75 Å². The second-order valence-electron chi connectivity index (χ2n) is 4.13. The summed E-state index contributed by atoms with van der Waals surface area (Å²) < 4.78 is 5.35. The molecule has 2 rings (SSSR count). The molecular formula is C14H16ClN3O. The van der Waals surface area contributed by atoms with Crippen LogP contribution in [0.3, 0.4) is 0 Å². The molecule has 0 aliphatic rings. The lowest BCUT2D eigenvalue weighted by atomic mass is 10.00. The Morgan fingerprint density at radius 2 is 2.00 bits per heavy atom. The number of hydrogen-bond donors (Lipinski definition) is 1. The van der Waals surface area contributed by atoms with Crippen molar-refractivity contribution >= 4 is 11.6 Å². The van der Waals surface area contributed by atoms with E-state index in [1.165, 1.54) is 0 Å². The van der Waals surface area contributed by atoms with Crippen LogP contribution >= 0.6 is 11.6 Å². The van der Waals surface area contributed by atoms with Gasteiger partial charge in [0, 0.05) is 30.2 Å². The summed E-state index contributed by atoms with van der Waals surface area (Å²) in [6.07, 6.45) is 7.65. The zero-order valence-electron chi connectivity index (χ0n) is 10.9. The molecule has 2 aromatic rings. The second kappa shape index (κ2) is 6.50. The predicted octanol–water partition coefficient (Wildman–Crippen LogP) is 2.64. The number of ether oxygens (including phenoxy) is 1. The maximum atomic E-state index is 6.15. The molecule has 0 spiro atoms. The Hall–Kier alpha value is -1.65. The van der Waals surface area contributed by atoms with Crippen LogP contribution < -0.4 is 10.1 Å². The highest BCUT2D eigenvalue weighted by molar-refractivity contribution is 6.31. The summed E-state index contributed by atoms with van der Waals surface area (Å²) in [5.41, 5.74) is 2.11. The molecule has 0 radical (unpaired) electrons. The van der Waals surface area contributed by atoms with Gasteiger partial charge in [0.2, 0.25) is 0 Å². The van der Waals surface area contributed by atoms with Crippen LogP contribution in [0.4, 0.5) is 0 Å². The van der Waals surface area contributed by atoms with Gasteiger partial charge in [0.1, 0.15) is 5.75 Å². The number of aromatic nitrogens is 2. The summed E-state index contributed by atoms with van der Waals surface area (Å²) in [5.74, 6) is 0.770. The Bertz CT molecular complexity index is 548. The fourth-order valence-corrected chi connectivity index (χ4v) is 2.20. The summed E-state index contributed by atoms with van der Waals surface area (Å²) in [7, 11) is 3.56. The minimum atomic E-state index is 0.109. The Morgan fingerprint density at radius 3 is 2.68 bits per heavy atom. The van der Waals surface area contributed by atoms with Gasteiger partial charge in [0.15, 0.2) is 0 Å². The lowest BCUT2D eigenvalue weighted by molar-refractivity contribution is 0.399. The van der Waals surface area contributed by atoms with Gasteiger partial charge in [-0.25, -0.2) is 0 Å². The van der Waals surface area contributed by atoms with Crippen molar-refractivity contribution in [1.82, 2.24) is 15.3 Å². The van der Waals surface area contributed by atoms with Gasteiger partial charge in [-0.1, -0.05) is 11.6 Å². The SMILES string of the molecule is CNC(Cc1ccncc1Cl)c1ccncc1OC. The van der Waals surface area contributed by atoms with Crippen LogP contribution in [0.1, 0.15) is 17.2 Å². The molecule has 0 saturated carbocycles. The molecule has 4 nitrogen and oxygen atoms in total. The van der Waals surface area contributed by atoms with E-state index in [2.05, 4.69) is 15.3 Å². The van der Waals surface area contributed by atoms with E-state index in [1.54, 1.807) is 31.9 Å². The van der Waals surface area contributed by atoms with Gasteiger partial charge in [0.25, 0.3) is 0 Å². The molecule has 0 aliphatic heterocycles. The Kier molecular flexibility index (Phi) is 4.71. The zero-order chi connectivity index (χ0) is 13.7. The van der Waals surface area contributed by atoms with Crippen molar-refractivity contribution in [3.8, 4) is 5.75 Å². The van der Waals surface area contributed by atoms with Crippen LogP contribution in [-0.2, 0) is 6.42 Å². The van der Waals surface area contributed by atoms with Crippen molar-refractivity contribution in [3.63, 3.8) is 0 Å². The standard InChI is InChI=1S/C14H16ClN3O/c1-16-13(7-10-3-5-17-8-12(10)15)11-4-6-18-9-14(11)19-2/h3-6,8-9,13,16H,7H2,1-2H3. The van der Waals surface area contributed by atoms with Gasteiger partial charge >= 0.3 is 0 Å². The van der Waals surface area contributed by atoms with Crippen molar-refractivity contribution in [2.75, 3.05) is 14.2 Å². The molecule has 1 unspecified atom stereocenters. The van der Waals surface area contributed by atoms with E-state index in [9.17, 15) is 0 Å². The molecule has 0 aliphatic carbocycles. The fourth-order valence-electron chi connectivity index (χ4n) is 2.01. The van der Waals surface area contributed by atoms with Crippen molar-refractivity contribution in [1.29, 1.82) is 0 Å². The van der Waals surface area contributed by atoms with E-state index >= 15 is 0 Å². The molecule has 19 heavy (non-hydrogen) atoms. The highest BCUT2D eigenvalue weighted by atomic mass is 35.5. The molecule has 5 heteroatoms. The summed E-state index contributed by atoms with van der Waals surface area (Å²) in [4.78, 5) is 8.07. The average Bonchev–Trinajstić information content (AvgIpc) is 2.46. The number of nitrogens with zero attached hydrogens (tertiary/aromatic N) is 2. The Balaban J connectivity index is 2.28. The van der Waals surface area contributed by atoms with Crippen molar-refractivity contribution in [2.24, 2.45) is 0 Å². The van der Waals surface area contributed by atoms with Crippen molar-refractivity contribution in [2.45, 2.75) is 12.5 Å². The largest absolute Gasteiger partial charge is 0.495 e. The second-order valence-corrected chi connectivity index (χ2v) is 4.54. The normalized spacial score (nSPS) is 12.2. The van der Waals surface area contributed by atoms with Gasteiger partial charge in [-0.05, 0) is 31.2 Å². The molecule has 0 bridgehead atoms. The number of halogens is 1. The lowest BCUT2D eigenvalue weighted by Gasteiger charge is -2.19. The van der Waals surface area contributed by atoms with Crippen molar-refractivity contribution < 1.29 is 4.74 Å². The predicted molar refractivity (Wildman–Crippen MR) is 75.5 cm³/mol. The molecule has 1 atom stereocenters. The van der Waals surface area contributed by atoms with Crippen LogP contribution in [0, 0.1) is 0 Å². The number of hydrogen-bond acceptors (Lipinski definition) is 4. The minimum absolute atomic E-state index is 0.109. The molecule has 1 N–H and O–H groups in total. The first-order valence-corrected chi connectivity index (χ1v) is 6.37. The van der Waals surface area contributed by atoms with E-state index < -0.39 is 0 Å². The zero-order valence-corrected chi connectivity index (χ0v) is 11.7. The number of pyridine rings is 2. The van der Waals surface area contributed by atoms with Crippen LogP contribution in [0.15, 0.2) is 36.9 Å². The van der Waals surface area contributed by atoms with E-state index in [-0.39, 0.29) is 6.04 Å². The Morgan fingerprint density at radius 1 is 1.26 bits per heavy atom. The Labute approximate surface area is 117 Å². The van der Waals surface area contributed by atoms with E-state index in [4.69, 9.17) is 16.3 Å². The molecule has 0 amide bonds. The van der Waals surface area contributed by atoms with Crippen LogP contribution in [-0.4, -0.2) is 24.1 Å². The third kappa shape index (κ3) is 3.22. The third-order valence-corrected chi connectivity index (χ3v) is 3.38. The number of methoxy groups -OCH3 is 1. The first-order valence-electron chi connectivity index (χ1n) is 5.99. The highest BCUT2D eigenvalue weighted by Crippen LogP contribution is 2.28. The van der Waals surface area contributed by atoms with Crippen molar-refractivity contribution in [3.05, 3.63) is 53.1 Å². The van der Waals surface area contributed by atoms with Crippen LogP contribution in [0.25, 0.3) is 0 Å². The maximum Gasteiger partial charge on any atom is 0.141 e. The third-order valence-electron chi connectivity index (χ3n) is 3.04. The van der Waals surface area contributed by atoms with Gasteiger partial charge in [-0.2, -0.15) is 0 Å². The molecule has 2 heterocycles. The minimum Gasteiger partial charge on any atom is -0.495 e. The summed E-state index contributed by atoms with van der Waals surface area (Å²) in [6.45, 7) is 0. The van der Waals surface area contributed by atoms with Gasteiger partial charge in [-0.3, -0.25) is 9.97 Å². The number of likely N-dealkylation sites (N-methyl/N-ethyl adjacent to an activating group) is 1. The van der Waals surface area contributed by atoms with Gasteiger partial charge < -0.3 is 10.1 Å². The molecule has 100 valence electrons. The monoisotopic (exact) mass is 277 g/mol. The molecule has 2 aromatic heterocycles. The van der Waals surface area contributed by atoms with E-state index in [0.717, 1.165) is 23.3 Å². The summed E-state index contributed by atoms with van der Waals surface area (Å²) >= 11 is 6.15. The molecule has 0 saturated heterocycles. The number of rotatable bonds is 5. The van der Waals surface area contributed by atoms with Gasteiger partial charge in [-0.15, -0.1) is 0 Å². The number of nitrogens with one attached hydrogen (secondary N) is 1. The quantitative estimate of drug-likeness (QED) is 0.913. The molecule has 0 aromatic carbocycles. The topological polar surface area (TPSA) is 47.0 Å². The first-order chi connectivity index (χ1) is 9.26. The fraction of sp³-hybridized carbons (Fsp3) is 0.286. The molecule has 0 fully saturated rings. The smallest absolute Gasteiger partial charge is 0.141 e. The maximum absolute atomic E-state index is 6.15. The lowest BCUT2D eigenvalue weighted by Crippen LogP contribution is -2.19. The van der Waals surface area contributed by atoms with Crippen LogP contribution in [0.2, 0.25) is 5.02 Å². The van der Waals surface area contributed by atoms with E-state index in [1.807, 2.05) is 19.2 Å². The molecular weight excluding hydrogens is 262 g/mol. The average molecular weight is 278 g/mol. The highest BCUT2D eigenvalue weighted by Gasteiger charge is 2.16.